The number of para-hydroxylation sites is 1. The molecule has 0 aliphatic carbocycles. The SMILES string of the molecule is CNC(=O)c1ccccc1Nc1nc(Nc2ccc3c(c2)N(C)CCN(C(=O)O)C3)ncc1Cl. The van der Waals surface area contributed by atoms with Crippen LogP contribution in [0.2, 0.25) is 5.02 Å². The zero-order chi connectivity index (χ0) is 24.2. The van der Waals surface area contributed by atoms with Crippen LogP contribution in [0.1, 0.15) is 15.9 Å². The molecule has 0 saturated carbocycles. The molecule has 11 heteroatoms. The van der Waals surface area contributed by atoms with Crippen LogP contribution in [0, 0.1) is 0 Å². The number of carbonyl (C=O) groups excluding carboxylic acids is 1. The van der Waals surface area contributed by atoms with Crippen LogP contribution in [0.5, 0.6) is 0 Å². The van der Waals surface area contributed by atoms with E-state index in [-0.39, 0.29) is 5.91 Å². The second kappa shape index (κ2) is 9.84. The summed E-state index contributed by atoms with van der Waals surface area (Å²) in [5.74, 6) is 0.425. The molecule has 0 radical (unpaired) electrons. The number of likely N-dealkylation sites (N-methyl/N-ethyl adjacent to an activating group) is 1. The Labute approximate surface area is 201 Å². The van der Waals surface area contributed by atoms with Gasteiger partial charge in [0.2, 0.25) is 5.95 Å². The van der Waals surface area contributed by atoms with Crippen LogP contribution >= 0.6 is 11.6 Å². The van der Waals surface area contributed by atoms with Crippen molar-refractivity contribution in [3.05, 3.63) is 64.8 Å². The molecule has 0 bridgehead atoms. The number of nitrogens with zero attached hydrogens (tertiary/aromatic N) is 4. The van der Waals surface area contributed by atoms with Crippen LogP contribution in [0.15, 0.2) is 48.7 Å². The number of hydrogen-bond acceptors (Lipinski definition) is 7. The molecule has 0 unspecified atom stereocenters. The van der Waals surface area contributed by atoms with Gasteiger partial charge in [-0.05, 0) is 29.8 Å². The molecule has 2 heterocycles. The first-order valence-corrected chi connectivity index (χ1v) is 10.9. The van der Waals surface area contributed by atoms with Crippen LogP contribution in [0.3, 0.4) is 0 Å². The minimum atomic E-state index is -0.934. The van der Waals surface area contributed by atoms with Crippen molar-refractivity contribution in [3.63, 3.8) is 0 Å². The number of nitrogens with one attached hydrogen (secondary N) is 3. The summed E-state index contributed by atoms with van der Waals surface area (Å²) >= 11 is 6.31. The first-order valence-electron chi connectivity index (χ1n) is 10.6. The number of halogens is 1. The molecular weight excluding hydrogens is 458 g/mol. The van der Waals surface area contributed by atoms with Gasteiger partial charge in [0.05, 0.1) is 24.0 Å². The van der Waals surface area contributed by atoms with E-state index in [4.69, 9.17) is 11.6 Å². The number of carboxylic acid groups (broad SMARTS) is 1. The maximum absolute atomic E-state index is 12.2. The van der Waals surface area contributed by atoms with E-state index in [1.54, 1.807) is 31.3 Å². The third kappa shape index (κ3) is 4.96. The monoisotopic (exact) mass is 481 g/mol. The Bertz CT molecular complexity index is 1240. The standard InChI is InChI=1S/C23H24ClN7O3/c1-25-21(32)16-5-3-4-6-18(16)28-20-17(24)12-26-22(29-20)27-15-8-7-14-13-31(23(33)34)10-9-30(2)19(14)11-15/h3-8,11-12H,9-10,13H2,1-2H3,(H,25,32)(H,33,34)(H2,26,27,28,29). The zero-order valence-electron chi connectivity index (χ0n) is 18.7. The normalized spacial score (nSPS) is 13.0. The fraction of sp³-hybridized carbons (Fsp3) is 0.217. The van der Waals surface area contributed by atoms with Crippen molar-refractivity contribution in [1.29, 1.82) is 0 Å². The van der Waals surface area contributed by atoms with Gasteiger partial charge in [-0.15, -0.1) is 0 Å². The third-order valence-electron chi connectivity index (χ3n) is 5.49. The Morgan fingerprint density at radius 3 is 2.68 bits per heavy atom. The van der Waals surface area contributed by atoms with Crippen LogP contribution in [0.4, 0.5) is 33.6 Å². The molecule has 1 aromatic heterocycles. The van der Waals surface area contributed by atoms with E-state index < -0.39 is 6.09 Å². The molecule has 10 nitrogen and oxygen atoms in total. The largest absolute Gasteiger partial charge is 0.465 e. The predicted molar refractivity (Wildman–Crippen MR) is 132 cm³/mol. The van der Waals surface area contributed by atoms with E-state index >= 15 is 0 Å². The topological polar surface area (TPSA) is 123 Å². The number of rotatable bonds is 5. The van der Waals surface area contributed by atoms with Crippen LogP contribution in [-0.4, -0.2) is 59.2 Å². The maximum atomic E-state index is 12.2. The molecule has 1 aliphatic heterocycles. The lowest BCUT2D eigenvalue weighted by Crippen LogP contribution is -2.33. The zero-order valence-corrected chi connectivity index (χ0v) is 19.4. The quantitative estimate of drug-likeness (QED) is 0.432. The molecule has 0 saturated heterocycles. The van der Waals surface area contributed by atoms with Crippen molar-refractivity contribution in [2.24, 2.45) is 0 Å². The van der Waals surface area contributed by atoms with E-state index in [1.165, 1.54) is 11.1 Å². The van der Waals surface area contributed by atoms with Gasteiger partial charge in [0.15, 0.2) is 5.82 Å². The Morgan fingerprint density at radius 1 is 1.12 bits per heavy atom. The average Bonchev–Trinajstić information content (AvgIpc) is 3.00. The van der Waals surface area contributed by atoms with Crippen molar-refractivity contribution in [2.45, 2.75) is 6.54 Å². The number of fused-ring (bicyclic) bond motifs is 1. The summed E-state index contributed by atoms with van der Waals surface area (Å²) in [6.45, 7) is 1.33. The third-order valence-corrected chi connectivity index (χ3v) is 5.76. The highest BCUT2D eigenvalue weighted by Crippen LogP contribution is 2.30. The van der Waals surface area contributed by atoms with Gasteiger partial charge in [-0.1, -0.05) is 29.8 Å². The lowest BCUT2D eigenvalue weighted by Gasteiger charge is -2.20. The predicted octanol–water partition coefficient (Wildman–Crippen LogP) is 3.91. The van der Waals surface area contributed by atoms with Gasteiger partial charge >= 0.3 is 6.09 Å². The van der Waals surface area contributed by atoms with E-state index in [2.05, 4.69) is 25.9 Å². The summed E-state index contributed by atoms with van der Waals surface area (Å²) < 4.78 is 0. The van der Waals surface area contributed by atoms with Crippen LogP contribution in [-0.2, 0) is 6.54 Å². The fourth-order valence-corrected chi connectivity index (χ4v) is 3.80. The Hall–Kier alpha value is -4.05. The highest BCUT2D eigenvalue weighted by atomic mass is 35.5. The van der Waals surface area contributed by atoms with E-state index in [9.17, 15) is 14.7 Å². The van der Waals surface area contributed by atoms with Gasteiger partial charge in [-0.25, -0.2) is 9.78 Å². The molecule has 1 aliphatic rings. The van der Waals surface area contributed by atoms with Crippen molar-refractivity contribution >= 4 is 52.4 Å². The highest BCUT2D eigenvalue weighted by Gasteiger charge is 2.21. The minimum Gasteiger partial charge on any atom is -0.465 e. The summed E-state index contributed by atoms with van der Waals surface area (Å²) in [5.41, 5.74) is 3.61. The summed E-state index contributed by atoms with van der Waals surface area (Å²) in [6, 6.07) is 12.7. The number of benzene rings is 2. The maximum Gasteiger partial charge on any atom is 0.407 e. The molecule has 0 fully saturated rings. The van der Waals surface area contributed by atoms with E-state index in [0.717, 1.165) is 16.9 Å². The van der Waals surface area contributed by atoms with Crippen molar-refractivity contribution < 1.29 is 14.7 Å². The van der Waals surface area contributed by atoms with Crippen LogP contribution < -0.4 is 20.9 Å². The van der Waals surface area contributed by atoms with Gasteiger partial charge in [0, 0.05) is 38.6 Å². The molecule has 176 valence electrons. The summed E-state index contributed by atoms with van der Waals surface area (Å²) in [4.78, 5) is 35.8. The molecule has 4 rings (SSSR count). The fourth-order valence-electron chi connectivity index (χ4n) is 3.67. The first kappa shape index (κ1) is 23.1. The summed E-state index contributed by atoms with van der Waals surface area (Å²) in [7, 11) is 3.49. The summed E-state index contributed by atoms with van der Waals surface area (Å²) in [5, 5.41) is 18.6. The minimum absolute atomic E-state index is 0.234. The number of aromatic nitrogens is 2. The van der Waals surface area contributed by atoms with Gasteiger partial charge in [-0.2, -0.15) is 4.98 Å². The smallest absolute Gasteiger partial charge is 0.407 e. The highest BCUT2D eigenvalue weighted by molar-refractivity contribution is 6.33. The molecule has 0 spiro atoms. The van der Waals surface area contributed by atoms with Gasteiger partial charge in [0.25, 0.3) is 5.91 Å². The Balaban J connectivity index is 1.58. The molecule has 0 atom stereocenters. The van der Waals surface area contributed by atoms with Gasteiger partial charge in [-0.3, -0.25) is 4.79 Å². The van der Waals surface area contributed by atoms with Crippen LogP contribution in [0.25, 0.3) is 0 Å². The Kier molecular flexibility index (Phi) is 6.69. The van der Waals surface area contributed by atoms with Gasteiger partial charge < -0.3 is 30.9 Å². The van der Waals surface area contributed by atoms with Crippen molar-refractivity contribution in [2.75, 3.05) is 42.7 Å². The van der Waals surface area contributed by atoms with E-state index in [0.29, 0.717) is 47.7 Å². The number of carbonyl (C=O) groups is 2. The Morgan fingerprint density at radius 2 is 1.91 bits per heavy atom. The molecule has 3 aromatic rings. The molecular formula is C23H24ClN7O3. The lowest BCUT2D eigenvalue weighted by molar-refractivity contribution is 0.0963. The average molecular weight is 482 g/mol. The van der Waals surface area contributed by atoms with Crippen molar-refractivity contribution in [3.8, 4) is 0 Å². The number of anilines is 5. The molecule has 4 N–H and O–H groups in total. The van der Waals surface area contributed by atoms with E-state index in [1.807, 2.05) is 30.1 Å². The second-order valence-electron chi connectivity index (χ2n) is 7.73. The number of hydrogen-bond donors (Lipinski definition) is 4. The molecule has 2 aromatic carbocycles. The lowest BCUT2D eigenvalue weighted by atomic mass is 10.1. The number of amides is 2. The molecule has 34 heavy (non-hydrogen) atoms. The van der Waals surface area contributed by atoms with Gasteiger partial charge in [0.1, 0.15) is 5.02 Å². The van der Waals surface area contributed by atoms with Crippen molar-refractivity contribution in [1.82, 2.24) is 20.2 Å². The second-order valence-corrected chi connectivity index (χ2v) is 8.14. The first-order chi connectivity index (χ1) is 16.4. The molecule has 2 amide bonds. The summed E-state index contributed by atoms with van der Waals surface area (Å²) in [6.07, 6.45) is 0.540.